The fourth-order valence-electron chi connectivity index (χ4n) is 2.69. The monoisotopic (exact) mass is 285 g/mol. The van der Waals surface area contributed by atoms with Crippen molar-refractivity contribution < 1.29 is 9.18 Å². The van der Waals surface area contributed by atoms with Crippen molar-refractivity contribution >= 4 is 5.91 Å². The number of hydrogen-bond donors (Lipinski definition) is 1. The molecule has 108 valence electrons. The lowest BCUT2D eigenvalue weighted by atomic mass is 9.95. The number of halogens is 1. The average Bonchev–Trinajstić information content (AvgIpc) is 2.47. The second-order valence-corrected chi connectivity index (χ2v) is 5.26. The standard InChI is InChI=1S/C16H16FN3O/c1-20-9-11-5-2-3-6-12(11)14(10-20)19-16(21)15-13(17)7-4-8-18-15/h2-8,14H,9-10H2,1H3,(H,19,21). The number of pyridine rings is 1. The maximum Gasteiger partial charge on any atom is 0.273 e. The summed E-state index contributed by atoms with van der Waals surface area (Å²) in [7, 11) is 2.00. The minimum Gasteiger partial charge on any atom is -0.342 e. The Hall–Kier alpha value is -2.27. The van der Waals surface area contributed by atoms with Gasteiger partial charge in [-0.05, 0) is 30.3 Å². The van der Waals surface area contributed by atoms with Crippen LogP contribution in [0.15, 0.2) is 42.6 Å². The summed E-state index contributed by atoms with van der Waals surface area (Å²) in [6, 6.07) is 10.5. The molecule has 0 spiro atoms. The van der Waals surface area contributed by atoms with Crippen LogP contribution in [0.2, 0.25) is 0 Å². The third-order valence-electron chi connectivity index (χ3n) is 3.64. The number of rotatable bonds is 2. The molecule has 0 aliphatic carbocycles. The third kappa shape index (κ3) is 2.78. The summed E-state index contributed by atoms with van der Waals surface area (Å²) in [6.45, 7) is 1.54. The molecule has 0 saturated heterocycles. The Morgan fingerprint density at radius 2 is 2.14 bits per heavy atom. The van der Waals surface area contributed by atoms with Crippen LogP contribution in [0.1, 0.15) is 27.7 Å². The molecule has 3 rings (SSSR count). The summed E-state index contributed by atoms with van der Waals surface area (Å²) in [4.78, 5) is 18.2. The van der Waals surface area contributed by atoms with Gasteiger partial charge in [0.15, 0.2) is 11.5 Å². The molecule has 1 aromatic heterocycles. The maximum absolute atomic E-state index is 13.6. The Bertz CT molecular complexity index is 674. The first-order chi connectivity index (χ1) is 10.1. The van der Waals surface area contributed by atoms with E-state index in [1.165, 1.54) is 23.9 Å². The molecule has 1 aliphatic heterocycles. The van der Waals surface area contributed by atoms with E-state index in [1.54, 1.807) is 0 Å². The van der Waals surface area contributed by atoms with Crippen LogP contribution in [0.25, 0.3) is 0 Å². The Kier molecular flexibility index (Phi) is 3.66. The van der Waals surface area contributed by atoms with Crippen LogP contribution in [-0.2, 0) is 6.54 Å². The van der Waals surface area contributed by atoms with Crippen molar-refractivity contribution in [1.82, 2.24) is 15.2 Å². The molecule has 1 atom stereocenters. The molecule has 0 bridgehead atoms. The molecule has 21 heavy (non-hydrogen) atoms. The number of aromatic nitrogens is 1. The van der Waals surface area contributed by atoms with Crippen molar-refractivity contribution in [2.24, 2.45) is 0 Å². The van der Waals surface area contributed by atoms with Gasteiger partial charge in [0, 0.05) is 19.3 Å². The molecular weight excluding hydrogens is 269 g/mol. The molecule has 1 aromatic carbocycles. The molecule has 2 aromatic rings. The van der Waals surface area contributed by atoms with Gasteiger partial charge in [0.25, 0.3) is 5.91 Å². The normalized spacial score (nSPS) is 18.1. The zero-order valence-corrected chi connectivity index (χ0v) is 11.7. The van der Waals surface area contributed by atoms with Crippen molar-refractivity contribution in [2.75, 3.05) is 13.6 Å². The van der Waals surface area contributed by atoms with Crippen LogP contribution in [0.4, 0.5) is 4.39 Å². The number of hydrogen-bond acceptors (Lipinski definition) is 3. The summed E-state index contributed by atoms with van der Waals surface area (Å²) in [6.07, 6.45) is 1.42. The van der Waals surface area contributed by atoms with Crippen molar-refractivity contribution in [2.45, 2.75) is 12.6 Å². The van der Waals surface area contributed by atoms with E-state index >= 15 is 0 Å². The Labute approximate surface area is 122 Å². The largest absolute Gasteiger partial charge is 0.342 e. The van der Waals surface area contributed by atoms with E-state index in [2.05, 4.69) is 15.2 Å². The van der Waals surface area contributed by atoms with Crippen molar-refractivity contribution in [3.63, 3.8) is 0 Å². The van der Waals surface area contributed by atoms with Crippen LogP contribution < -0.4 is 5.32 Å². The van der Waals surface area contributed by atoms with Gasteiger partial charge in [-0.25, -0.2) is 9.37 Å². The van der Waals surface area contributed by atoms with Crippen molar-refractivity contribution in [1.29, 1.82) is 0 Å². The maximum atomic E-state index is 13.6. The molecule has 1 aliphatic rings. The lowest BCUT2D eigenvalue weighted by molar-refractivity contribution is 0.0912. The fraction of sp³-hybridized carbons (Fsp3) is 0.250. The number of nitrogens with zero attached hydrogens (tertiary/aromatic N) is 2. The topological polar surface area (TPSA) is 45.2 Å². The van der Waals surface area contributed by atoms with Gasteiger partial charge in [-0.3, -0.25) is 9.69 Å². The van der Waals surface area contributed by atoms with E-state index in [-0.39, 0.29) is 11.7 Å². The van der Waals surface area contributed by atoms with E-state index in [1.807, 2.05) is 31.3 Å². The predicted molar refractivity (Wildman–Crippen MR) is 77.2 cm³/mol. The number of nitrogens with one attached hydrogen (secondary N) is 1. The summed E-state index contributed by atoms with van der Waals surface area (Å²) in [5.74, 6) is -1.09. The zero-order valence-electron chi connectivity index (χ0n) is 11.7. The van der Waals surface area contributed by atoms with Crippen LogP contribution >= 0.6 is 0 Å². The van der Waals surface area contributed by atoms with Gasteiger partial charge in [0.05, 0.1) is 6.04 Å². The van der Waals surface area contributed by atoms with Crippen LogP contribution in [0, 0.1) is 5.82 Å². The van der Waals surface area contributed by atoms with Gasteiger partial charge in [-0.15, -0.1) is 0 Å². The molecular formula is C16H16FN3O. The van der Waals surface area contributed by atoms with Gasteiger partial charge >= 0.3 is 0 Å². The summed E-state index contributed by atoms with van der Waals surface area (Å²) in [5, 5.41) is 2.88. The first kappa shape index (κ1) is 13.7. The molecule has 2 heterocycles. The molecule has 1 unspecified atom stereocenters. The second kappa shape index (κ2) is 5.61. The van der Waals surface area contributed by atoms with Crippen molar-refractivity contribution in [3.8, 4) is 0 Å². The average molecular weight is 285 g/mol. The van der Waals surface area contributed by atoms with Gasteiger partial charge in [-0.1, -0.05) is 24.3 Å². The highest BCUT2D eigenvalue weighted by molar-refractivity contribution is 5.92. The smallest absolute Gasteiger partial charge is 0.273 e. The number of fused-ring (bicyclic) bond motifs is 1. The summed E-state index contributed by atoms with van der Waals surface area (Å²) < 4.78 is 13.6. The third-order valence-corrected chi connectivity index (χ3v) is 3.64. The Morgan fingerprint density at radius 1 is 1.33 bits per heavy atom. The van der Waals surface area contributed by atoms with E-state index in [9.17, 15) is 9.18 Å². The highest BCUT2D eigenvalue weighted by Gasteiger charge is 2.25. The van der Waals surface area contributed by atoms with Gasteiger partial charge < -0.3 is 5.32 Å². The van der Waals surface area contributed by atoms with E-state index in [4.69, 9.17) is 0 Å². The van der Waals surface area contributed by atoms with Gasteiger partial charge in [-0.2, -0.15) is 0 Å². The molecule has 5 heteroatoms. The lowest BCUT2D eigenvalue weighted by Crippen LogP contribution is -2.40. The second-order valence-electron chi connectivity index (χ2n) is 5.26. The molecule has 0 saturated carbocycles. The number of likely N-dealkylation sites (N-methyl/N-ethyl adjacent to an activating group) is 1. The molecule has 0 fully saturated rings. The first-order valence-electron chi connectivity index (χ1n) is 6.83. The molecule has 4 nitrogen and oxygen atoms in total. The Morgan fingerprint density at radius 3 is 2.95 bits per heavy atom. The SMILES string of the molecule is CN1Cc2ccccc2C(NC(=O)c2ncccc2F)C1. The summed E-state index contributed by atoms with van der Waals surface area (Å²) >= 11 is 0. The van der Waals surface area contributed by atoms with Gasteiger partial charge in [0.1, 0.15) is 0 Å². The first-order valence-corrected chi connectivity index (χ1v) is 6.83. The molecule has 1 N–H and O–H groups in total. The molecule has 1 amide bonds. The zero-order chi connectivity index (χ0) is 14.8. The van der Waals surface area contributed by atoms with Gasteiger partial charge in [0.2, 0.25) is 0 Å². The Balaban J connectivity index is 1.85. The van der Waals surface area contributed by atoms with Crippen molar-refractivity contribution in [3.05, 3.63) is 65.2 Å². The van der Waals surface area contributed by atoms with Crippen LogP contribution in [0.5, 0.6) is 0 Å². The van der Waals surface area contributed by atoms with E-state index in [0.29, 0.717) is 6.54 Å². The number of carbonyl (C=O) groups excluding carboxylic acids is 1. The van der Waals surface area contributed by atoms with Crippen LogP contribution in [0.3, 0.4) is 0 Å². The number of benzene rings is 1. The highest BCUT2D eigenvalue weighted by Crippen LogP contribution is 2.25. The minimum atomic E-state index is -0.604. The quantitative estimate of drug-likeness (QED) is 0.919. The number of amides is 1. The number of carbonyl (C=O) groups is 1. The predicted octanol–water partition coefficient (Wildman–Crippen LogP) is 2.14. The summed E-state index contributed by atoms with van der Waals surface area (Å²) in [5.41, 5.74) is 2.10. The van der Waals surface area contributed by atoms with E-state index < -0.39 is 11.7 Å². The fourth-order valence-corrected chi connectivity index (χ4v) is 2.69. The lowest BCUT2D eigenvalue weighted by Gasteiger charge is -2.32. The van der Waals surface area contributed by atoms with E-state index in [0.717, 1.165) is 12.1 Å². The highest BCUT2D eigenvalue weighted by atomic mass is 19.1. The molecule has 0 radical (unpaired) electrons. The minimum absolute atomic E-state index is 0.158. The van der Waals surface area contributed by atoms with Crippen LogP contribution in [-0.4, -0.2) is 29.4 Å².